The SMILES string of the molecule is C=CCOc1cc(C(=O)NC2CN3CCC2CC3)cc2sccc12. The molecule has 1 N–H and O–H groups in total. The van der Waals surface area contributed by atoms with E-state index in [0.717, 1.165) is 22.4 Å². The summed E-state index contributed by atoms with van der Waals surface area (Å²) >= 11 is 1.63. The quantitative estimate of drug-likeness (QED) is 0.848. The second-order valence-corrected chi connectivity index (χ2v) is 7.57. The zero-order chi connectivity index (χ0) is 16.5. The number of thiophene rings is 1. The van der Waals surface area contributed by atoms with E-state index in [1.165, 1.54) is 25.9 Å². The van der Waals surface area contributed by atoms with Gasteiger partial charge in [-0.2, -0.15) is 0 Å². The summed E-state index contributed by atoms with van der Waals surface area (Å²) in [6.07, 6.45) is 4.11. The molecule has 3 aliphatic rings. The highest BCUT2D eigenvalue weighted by Crippen LogP contribution is 2.32. The molecule has 4 heterocycles. The third kappa shape index (κ3) is 2.94. The van der Waals surface area contributed by atoms with Crippen LogP contribution in [-0.4, -0.2) is 43.1 Å². The number of fused-ring (bicyclic) bond motifs is 4. The van der Waals surface area contributed by atoms with E-state index in [9.17, 15) is 4.79 Å². The van der Waals surface area contributed by atoms with E-state index in [2.05, 4.69) is 16.8 Å². The molecule has 0 spiro atoms. The lowest BCUT2D eigenvalue weighted by atomic mass is 9.84. The second kappa shape index (κ2) is 6.57. The number of hydrogen-bond donors (Lipinski definition) is 1. The Balaban J connectivity index is 1.56. The maximum atomic E-state index is 12.8. The van der Waals surface area contributed by atoms with Crippen LogP contribution in [0.3, 0.4) is 0 Å². The van der Waals surface area contributed by atoms with Crippen molar-refractivity contribution in [3.05, 3.63) is 41.8 Å². The highest BCUT2D eigenvalue weighted by Gasteiger charge is 2.35. The smallest absolute Gasteiger partial charge is 0.251 e. The first-order valence-electron chi connectivity index (χ1n) is 8.53. The molecule has 0 aliphatic carbocycles. The Morgan fingerprint density at radius 1 is 1.42 bits per heavy atom. The summed E-state index contributed by atoms with van der Waals surface area (Å²) in [5, 5.41) is 6.34. The van der Waals surface area contributed by atoms with Crippen molar-refractivity contribution in [2.45, 2.75) is 18.9 Å². The summed E-state index contributed by atoms with van der Waals surface area (Å²) in [5.41, 5.74) is 0.681. The van der Waals surface area contributed by atoms with Gasteiger partial charge in [-0.1, -0.05) is 12.7 Å². The summed E-state index contributed by atoms with van der Waals surface area (Å²) in [6.45, 7) is 7.47. The Morgan fingerprint density at radius 2 is 2.25 bits per heavy atom. The van der Waals surface area contributed by atoms with Gasteiger partial charge < -0.3 is 15.0 Å². The minimum absolute atomic E-state index is 0.00695. The first-order valence-corrected chi connectivity index (χ1v) is 9.41. The first-order chi connectivity index (χ1) is 11.7. The van der Waals surface area contributed by atoms with Gasteiger partial charge in [-0.15, -0.1) is 11.3 Å². The summed E-state index contributed by atoms with van der Waals surface area (Å²) in [7, 11) is 0. The molecule has 5 rings (SSSR count). The molecule has 0 saturated carbocycles. The molecule has 1 unspecified atom stereocenters. The number of nitrogens with one attached hydrogen (secondary N) is 1. The topological polar surface area (TPSA) is 41.6 Å². The van der Waals surface area contributed by atoms with Crippen LogP contribution in [0.5, 0.6) is 5.75 Å². The Labute approximate surface area is 146 Å². The van der Waals surface area contributed by atoms with Crippen LogP contribution in [0.25, 0.3) is 10.1 Å². The van der Waals surface area contributed by atoms with Gasteiger partial charge in [0.25, 0.3) is 5.91 Å². The molecule has 0 radical (unpaired) electrons. The fourth-order valence-corrected chi connectivity index (χ4v) is 4.66. The van der Waals surface area contributed by atoms with E-state index in [4.69, 9.17) is 4.74 Å². The maximum absolute atomic E-state index is 12.8. The zero-order valence-electron chi connectivity index (χ0n) is 13.7. The van der Waals surface area contributed by atoms with Crippen LogP contribution in [-0.2, 0) is 0 Å². The van der Waals surface area contributed by atoms with Crippen molar-refractivity contribution in [1.82, 2.24) is 10.2 Å². The highest BCUT2D eigenvalue weighted by atomic mass is 32.1. The summed E-state index contributed by atoms with van der Waals surface area (Å²) in [5.74, 6) is 1.39. The Bertz CT molecular complexity index is 762. The zero-order valence-corrected chi connectivity index (χ0v) is 14.5. The van der Waals surface area contributed by atoms with Crippen LogP contribution in [0.4, 0.5) is 0 Å². The van der Waals surface area contributed by atoms with Crippen molar-refractivity contribution < 1.29 is 9.53 Å². The number of rotatable bonds is 5. The summed E-state index contributed by atoms with van der Waals surface area (Å²) in [6, 6.07) is 6.14. The molecule has 1 amide bonds. The summed E-state index contributed by atoms with van der Waals surface area (Å²) in [4.78, 5) is 15.2. The number of ether oxygens (including phenoxy) is 1. The van der Waals surface area contributed by atoms with Crippen LogP contribution < -0.4 is 10.1 Å². The minimum Gasteiger partial charge on any atom is -0.489 e. The van der Waals surface area contributed by atoms with E-state index in [0.29, 0.717) is 18.1 Å². The van der Waals surface area contributed by atoms with Gasteiger partial charge in [0.2, 0.25) is 0 Å². The molecule has 5 heteroatoms. The van der Waals surface area contributed by atoms with Crippen LogP contribution in [0.2, 0.25) is 0 Å². The molecular formula is C19H22N2O2S. The van der Waals surface area contributed by atoms with Crippen molar-refractivity contribution in [2.24, 2.45) is 5.92 Å². The number of nitrogens with zero attached hydrogens (tertiary/aromatic N) is 1. The van der Waals surface area contributed by atoms with Gasteiger partial charge in [-0.3, -0.25) is 4.79 Å². The van der Waals surface area contributed by atoms with E-state index in [1.807, 2.05) is 23.6 Å². The molecule has 2 bridgehead atoms. The van der Waals surface area contributed by atoms with Crippen LogP contribution in [0.15, 0.2) is 36.2 Å². The van der Waals surface area contributed by atoms with Gasteiger partial charge in [0.1, 0.15) is 12.4 Å². The maximum Gasteiger partial charge on any atom is 0.251 e. The van der Waals surface area contributed by atoms with Gasteiger partial charge in [-0.25, -0.2) is 0 Å². The Kier molecular flexibility index (Phi) is 4.29. The van der Waals surface area contributed by atoms with Crippen molar-refractivity contribution >= 4 is 27.3 Å². The standard InChI is InChI=1S/C19H22N2O2S/c1-2-8-23-17-10-14(11-18-15(17)5-9-24-18)19(22)20-16-12-21-6-3-13(16)4-7-21/h2,5,9-11,13,16H,1,3-4,6-8,12H2,(H,20,22). The van der Waals surface area contributed by atoms with Crippen molar-refractivity contribution in [1.29, 1.82) is 0 Å². The van der Waals surface area contributed by atoms with Gasteiger partial charge in [0.15, 0.2) is 0 Å². The number of amides is 1. The lowest BCUT2D eigenvalue weighted by Crippen LogP contribution is -2.57. The number of carbonyl (C=O) groups excluding carboxylic acids is 1. The molecule has 1 aromatic carbocycles. The Morgan fingerprint density at radius 3 is 2.96 bits per heavy atom. The third-order valence-electron chi connectivity index (χ3n) is 5.13. The molecular weight excluding hydrogens is 320 g/mol. The fourth-order valence-electron chi connectivity index (χ4n) is 3.82. The molecule has 3 saturated heterocycles. The average molecular weight is 342 g/mol. The molecule has 3 fully saturated rings. The monoisotopic (exact) mass is 342 g/mol. The number of carbonyl (C=O) groups is 1. The van der Waals surface area contributed by atoms with E-state index < -0.39 is 0 Å². The van der Waals surface area contributed by atoms with Gasteiger partial charge in [0.05, 0.1) is 0 Å². The van der Waals surface area contributed by atoms with Crippen LogP contribution in [0.1, 0.15) is 23.2 Å². The molecule has 3 aliphatic heterocycles. The van der Waals surface area contributed by atoms with Crippen molar-refractivity contribution in [3.63, 3.8) is 0 Å². The average Bonchev–Trinajstić information content (AvgIpc) is 3.09. The first kappa shape index (κ1) is 15.7. The largest absolute Gasteiger partial charge is 0.489 e. The lowest BCUT2D eigenvalue weighted by molar-refractivity contribution is 0.0620. The van der Waals surface area contributed by atoms with Gasteiger partial charge >= 0.3 is 0 Å². The van der Waals surface area contributed by atoms with Crippen LogP contribution in [0, 0.1) is 5.92 Å². The number of hydrogen-bond acceptors (Lipinski definition) is 4. The fraction of sp³-hybridized carbons (Fsp3) is 0.421. The number of benzene rings is 1. The van der Waals surface area contributed by atoms with Crippen molar-refractivity contribution in [2.75, 3.05) is 26.2 Å². The molecule has 4 nitrogen and oxygen atoms in total. The lowest BCUT2D eigenvalue weighted by Gasteiger charge is -2.44. The van der Waals surface area contributed by atoms with E-state index in [1.54, 1.807) is 17.4 Å². The number of piperidine rings is 3. The third-order valence-corrected chi connectivity index (χ3v) is 5.99. The van der Waals surface area contributed by atoms with E-state index >= 15 is 0 Å². The Hall–Kier alpha value is -1.85. The van der Waals surface area contributed by atoms with E-state index in [-0.39, 0.29) is 11.9 Å². The second-order valence-electron chi connectivity index (χ2n) is 6.62. The van der Waals surface area contributed by atoms with Crippen molar-refractivity contribution in [3.8, 4) is 5.75 Å². The summed E-state index contributed by atoms with van der Waals surface area (Å²) < 4.78 is 6.84. The van der Waals surface area contributed by atoms with Gasteiger partial charge in [-0.05, 0) is 55.4 Å². The highest BCUT2D eigenvalue weighted by molar-refractivity contribution is 7.17. The van der Waals surface area contributed by atoms with Crippen LogP contribution >= 0.6 is 11.3 Å². The molecule has 2 aromatic rings. The predicted octanol–water partition coefficient (Wildman–Crippen LogP) is 3.29. The van der Waals surface area contributed by atoms with Gasteiger partial charge in [0, 0.05) is 28.2 Å². The molecule has 1 aromatic heterocycles. The predicted molar refractivity (Wildman–Crippen MR) is 97.9 cm³/mol. The normalized spacial score (nSPS) is 25.6. The minimum atomic E-state index is 0.00695. The molecule has 24 heavy (non-hydrogen) atoms. The molecule has 126 valence electrons. The molecule has 1 atom stereocenters.